The highest BCUT2D eigenvalue weighted by molar-refractivity contribution is 9.10. The smallest absolute Gasteiger partial charge is 0.212 e. The topological polar surface area (TPSA) is 47.8 Å². The lowest BCUT2D eigenvalue weighted by Crippen LogP contribution is -2.11. The number of aromatic nitrogens is 3. The number of hydrogen-bond acceptors (Lipinski definition) is 3. The molecule has 94 valence electrons. The minimum atomic E-state index is -0.0379. The van der Waals surface area contributed by atoms with Crippen LogP contribution in [-0.4, -0.2) is 20.8 Å². The Morgan fingerprint density at radius 3 is 2.89 bits per heavy atom. The quantitative estimate of drug-likeness (QED) is 0.816. The lowest BCUT2D eigenvalue weighted by Gasteiger charge is -2.05. The Balaban J connectivity index is 2.35. The number of benzene rings is 1. The molecule has 1 heterocycles. The van der Waals surface area contributed by atoms with E-state index < -0.39 is 0 Å². The summed E-state index contributed by atoms with van der Waals surface area (Å²) < 4.78 is 2.65. The van der Waals surface area contributed by atoms with Crippen LogP contribution in [0.1, 0.15) is 35.0 Å². The van der Waals surface area contributed by atoms with Crippen molar-refractivity contribution in [3.8, 4) is 0 Å². The van der Waals surface area contributed by atoms with Crippen molar-refractivity contribution in [3.05, 3.63) is 45.7 Å². The van der Waals surface area contributed by atoms with Crippen LogP contribution < -0.4 is 0 Å². The van der Waals surface area contributed by atoms with Gasteiger partial charge in [0, 0.05) is 16.6 Å². The molecule has 4 nitrogen and oxygen atoms in total. The van der Waals surface area contributed by atoms with Crippen molar-refractivity contribution in [3.63, 3.8) is 0 Å². The van der Waals surface area contributed by atoms with Crippen LogP contribution >= 0.6 is 15.9 Å². The average molecular weight is 308 g/mol. The molecule has 0 bridgehead atoms. The van der Waals surface area contributed by atoms with Crippen LogP contribution in [0.4, 0.5) is 0 Å². The molecule has 0 aliphatic rings. The molecule has 0 N–H and O–H groups in total. The van der Waals surface area contributed by atoms with Gasteiger partial charge < -0.3 is 0 Å². The molecular weight excluding hydrogens is 294 g/mol. The number of nitrogens with zero attached hydrogens (tertiary/aromatic N) is 3. The van der Waals surface area contributed by atoms with Gasteiger partial charge in [-0.3, -0.25) is 4.79 Å². The summed E-state index contributed by atoms with van der Waals surface area (Å²) in [6.45, 7) is 4.71. The lowest BCUT2D eigenvalue weighted by atomic mass is 10.1. The number of ketones is 1. The van der Waals surface area contributed by atoms with Gasteiger partial charge >= 0.3 is 0 Å². The van der Waals surface area contributed by atoms with E-state index in [1.807, 2.05) is 32.0 Å². The highest BCUT2D eigenvalue weighted by Crippen LogP contribution is 2.19. The minimum Gasteiger partial charge on any atom is -0.287 e. The van der Waals surface area contributed by atoms with Gasteiger partial charge in [0.15, 0.2) is 0 Å². The molecule has 0 spiro atoms. The molecule has 2 rings (SSSR count). The van der Waals surface area contributed by atoms with Gasteiger partial charge in [0.25, 0.3) is 0 Å². The van der Waals surface area contributed by atoms with Gasteiger partial charge in [-0.15, -0.1) is 5.10 Å². The normalized spacial score (nSPS) is 10.6. The fourth-order valence-electron chi connectivity index (χ4n) is 1.74. The van der Waals surface area contributed by atoms with Crippen LogP contribution in [0.2, 0.25) is 0 Å². The monoisotopic (exact) mass is 307 g/mol. The van der Waals surface area contributed by atoms with E-state index >= 15 is 0 Å². The molecule has 18 heavy (non-hydrogen) atoms. The number of halogens is 1. The van der Waals surface area contributed by atoms with E-state index in [1.165, 1.54) is 6.20 Å². The summed E-state index contributed by atoms with van der Waals surface area (Å²) >= 11 is 3.43. The molecule has 0 saturated heterocycles. The molecule has 0 saturated carbocycles. The van der Waals surface area contributed by atoms with Crippen LogP contribution in [-0.2, 0) is 6.54 Å². The van der Waals surface area contributed by atoms with Crippen LogP contribution in [0, 0.1) is 6.92 Å². The van der Waals surface area contributed by atoms with Gasteiger partial charge in [-0.1, -0.05) is 28.1 Å². The van der Waals surface area contributed by atoms with Crippen molar-refractivity contribution < 1.29 is 4.79 Å². The zero-order chi connectivity index (χ0) is 13.1. The van der Waals surface area contributed by atoms with Crippen LogP contribution in [0.25, 0.3) is 0 Å². The van der Waals surface area contributed by atoms with E-state index in [9.17, 15) is 4.79 Å². The van der Waals surface area contributed by atoms with Gasteiger partial charge in [0.05, 0.1) is 6.20 Å². The summed E-state index contributed by atoms with van der Waals surface area (Å²) in [6, 6.07) is 5.56. The Bertz CT molecular complexity index is 577. The third-order valence-electron chi connectivity index (χ3n) is 2.71. The van der Waals surface area contributed by atoms with E-state index in [1.54, 1.807) is 4.68 Å². The zero-order valence-electron chi connectivity index (χ0n) is 10.4. The third-order valence-corrected chi connectivity index (χ3v) is 3.60. The van der Waals surface area contributed by atoms with Crippen molar-refractivity contribution in [2.24, 2.45) is 0 Å². The maximum absolute atomic E-state index is 12.4. The number of hydrogen-bond donors (Lipinski definition) is 0. The van der Waals surface area contributed by atoms with Gasteiger partial charge in [0.2, 0.25) is 5.78 Å². The molecule has 0 unspecified atom stereocenters. The van der Waals surface area contributed by atoms with Crippen molar-refractivity contribution in [2.75, 3.05) is 0 Å². The van der Waals surface area contributed by atoms with Gasteiger partial charge in [0.1, 0.15) is 5.69 Å². The number of rotatable bonds is 4. The summed E-state index contributed by atoms with van der Waals surface area (Å²) in [7, 11) is 0. The fourth-order valence-corrected chi connectivity index (χ4v) is 1.99. The molecule has 1 aromatic heterocycles. The highest BCUT2D eigenvalue weighted by atomic mass is 79.9. The van der Waals surface area contributed by atoms with E-state index in [0.29, 0.717) is 17.8 Å². The molecule has 0 aliphatic heterocycles. The number of carbonyl (C=O) groups is 1. The van der Waals surface area contributed by atoms with Crippen LogP contribution in [0.3, 0.4) is 0 Å². The predicted octanol–water partition coefficient (Wildman–Crippen LogP) is 2.99. The van der Waals surface area contributed by atoms with Crippen molar-refractivity contribution in [2.45, 2.75) is 26.8 Å². The van der Waals surface area contributed by atoms with Gasteiger partial charge in [-0.2, -0.15) is 0 Å². The van der Waals surface area contributed by atoms with Crippen LogP contribution in [0.5, 0.6) is 0 Å². The molecule has 1 aromatic carbocycles. The van der Waals surface area contributed by atoms with Gasteiger partial charge in [-0.25, -0.2) is 4.68 Å². The average Bonchev–Trinajstić information content (AvgIpc) is 2.80. The zero-order valence-corrected chi connectivity index (χ0v) is 11.9. The molecule has 5 heteroatoms. The van der Waals surface area contributed by atoms with Crippen LogP contribution in [0.15, 0.2) is 28.9 Å². The lowest BCUT2D eigenvalue weighted by molar-refractivity contribution is 0.102. The van der Waals surface area contributed by atoms with Crippen molar-refractivity contribution >= 4 is 21.7 Å². The summed E-state index contributed by atoms with van der Waals surface area (Å²) in [5.41, 5.74) is 2.24. The molecule has 0 amide bonds. The second kappa shape index (κ2) is 5.44. The number of aryl methyl sites for hydroxylation is 2. The Morgan fingerprint density at radius 1 is 1.44 bits per heavy atom. The van der Waals surface area contributed by atoms with E-state index in [0.717, 1.165) is 16.5 Å². The Labute approximate surface area is 114 Å². The third kappa shape index (κ3) is 2.51. The summed E-state index contributed by atoms with van der Waals surface area (Å²) in [4.78, 5) is 12.4. The molecule has 0 atom stereocenters. The first-order chi connectivity index (χ1) is 8.63. The van der Waals surface area contributed by atoms with Crippen molar-refractivity contribution in [1.82, 2.24) is 15.0 Å². The number of carbonyl (C=O) groups excluding carboxylic acids is 1. The first kappa shape index (κ1) is 13.0. The van der Waals surface area contributed by atoms with E-state index in [4.69, 9.17) is 0 Å². The Kier molecular flexibility index (Phi) is 3.91. The Hall–Kier alpha value is -1.49. The molecular formula is C13H14BrN3O. The molecule has 0 fully saturated rings. The standard InChI is InChI=1S/C13H14BrN3O/c1-3-6-17-12(8-15-16-17)13(18)10-4-5-11(14)9(2)7-10/h4-5,7-8H,3,6H2,1-2H3. The first-order valence-corrected chi connectivity index (χ1v) is 6.62. The molecule has 0 radical (unpaired) electrons. The van der Waals surface area contributed by atoms with Crippen molar-refractivity contribution in [1.29, 1.82) is 0 Å². The molecule has 2 aromatic rings. The van der Waals surface area contributed by atoms with E-state index in [2.05, 4.69) is 26.2 Å². The summed E-state index contributed by atoms with van der Waals surface area (Å²) in [5, 5.41) is 7.74. The van der Waals surface area contributed by atoms with Gasteiger partial charge in [-0.05, 0) is 37.1 Å². The second-order valence-electron chi connectivity index (χ2n) is 4.14. The summed E-state index contributed by atoms with van der Waals surface area (Å²) in [6.07, 6.45) is 2.44. The summed E-state index contributed by atoms with van der Waals surface area (Å²) in [5.74, 6) is -0.0379. The Morgan fingerprint density at radius 2 is 2.22 bits per heavy atom. The largest absolute Gasteiger partial charge is 0.287 e. The minimum absolute atomic E-state index is 0.0379. The molecule has 0 aliphatic carbocycles. The SMILES string of the molecule is CCCn1nncc1C(=O)c1ccc(Br)c(C)c1. The maximum atomic E-state index is 12.4. The fraction of sp³-hybridized carbons (Fsp3) is 0.308. The first-order valence-electron chi connectivity index (χ1n) is 5.82. The van der Waals surface area contributed by atoms with E-state index in [-0.39, 0.29) is 5.78 Å². The highest BCUT2D eigenvalue weighted by Gasteiger charge is 2.15. The predicted molar refractivity (Wildman–Crippen MR) is 72.6 cm³/mol. The second-order valence-corrected chi connectivity index (χ2v) is 4.99. The maximum Gasteiger partial charge on any atom is 0.212 e.